The van der Waals surface area contributed by atoms with Crippen LogP contribution < -0.4 is 0 Å². The van der Waals surface area contributed by atoms with Crippen LogP contribution in [0.1, 0.15) is 17.2 Å². The molecule has 0 saturated heterocycles. The summed E-state index contributed by atoms with van der Waals surface area (Å²) in [5.74, 6) is 0.630. The first-order valence-electron chi connectivity index (χ1n) is 9.24. The van der Waals surface area contributed by atoms with E-state index in [1.807, 2.05) is 42.5 Å². The van der Waals surface area contributed by atoms with Gasteiger partial charge in [0.25, 0.3) is 0 Å². The maximum Gasteiger partial charge on any atom is 0.165 e. The second-order valence-electron chi connectivity index (χ2n) is 6.58. The first-order valence-corrected chi connectivity index (χ1v) is 10.1. The highest BCUT2D eigenvalue weighted by molar-refractivity contribution is 7.19. The van der Waals surface area contributed by atoms with E-state index in [0.29, 0.717) is 5.82 Å². The number of aliphatic hydroxyl groups is 1. The summed E-state index contributed by atoms with van der Waals surface area (Å²) in [7, 11) is 0. The van der Waals surface area contributed by atoms with Crippen LogP contribution in [0.4, 0.5) is 0 Å². The normalized spacial score (nSPS) is 12.0. The number of pyridine rings is 1. The summed E-state index contributed by atoms with van der Waals surface area (Å²) in [4.78, 5) is 18.7. The lowest BCUT2D eigenvalue weighted by Crippen LogP contribution is -2.00. The molecule has 5 aromatic rings. The number of aromatic amines is 1. The Bertz CT molecular complexity index is 1240. The van der Waals surface area contributed by atoms with E-state index in [9.17, 15) is 5.11 Å². The third-order valence-electron chi connectivity index (χ3n) is 4.74. The van der Waals surface area contributed by atoms with Gasteiger partial charge in [-0.1, -0.05) is 24.3 Å². The quantitative estimate of drug-likeness (QED) is 0.450. The van der Waals surface area contributed by atoms with Gasteiger partial charge in [0.2, 0.25) is 0 Å². The number of H-pyrrole nitrogens is 1. The van der Waals surface area contributed by atoms with Crippen LogP contribution in [0.15, 0.2) is 79.8 Å². The molecule has 4 aromatic heterocycles. The van der Waals surface area contributed by atoms with E-state index in [1.54, 1.807) is 42.3 Å². The van der Waals surface area contributed by atoms with Crippen molar-refractivity contribution < 1.29 is 5.11 Å². The Morgan fingerprint density at radius 3 is 2.40 bits per heavy atom. The van der Waals surface area contributed by atoms with Crippen LogP contribution in [-0.2, 0) is 0 Å². The van der Waals surface area contributed by atoms with Gasteiger partial charge >= 0.3 is 0 Å². The molecule has 5 rings (SSSR count). The molecule has 0 aliphatic carbocycles. The smallest absolute Gasteiger partial charge is 0.165 e. The first-order chi connectivity index (χ1) is 14.8. The summed E-state index contributed by atoms with van der Waals surface area (Å²) in [6.45, 7) is 0. The van der Waals surface area contributed by atoms with Gasteiger partial charge in [0, 0.05) is 40.8 Å². The Morgan fingerprint density at radius 1 is 0.867 bits per heavy atom. The lowest BCUT2D eigenvalue weighted by Gasteiger charge is -2.12. The molecule has 0 spiro atoms. The number of thiophene rings is 1. The van der Waals surface area contributed by atoms with Crippen LogP contribution in [0.25, 0.3) is 32.4 Å². The predicted molar refractivity (Wildman–Crippen MR) is 114 cm³/mol. The average Bonchev–Trinajstić information content (AvgIpc) is 3.50. The van der Waals surface area contributed by atoms with Gasteiger partial charge in [-0.2, -0.15) is 5.10 Å². The molecule has 4 heterocycles. The largest absolute Gasteiger partial charge is 0.384 e. The highest BCUT2D eigenvalue weighted by atomic mass is 32.1. The third-order valence-corrected chi connectivity index (χ3v) is 5.94. The van der Waals surface area contributed by atoms with Crippen LogP contribution in [-0.4, -0.2) is 35.2 Å². The summed E-state index contributed by atoms with van der Waals surface area (Å²) in [6, 6.07) is 13.6. The lowest BCUT2D eigenvalue weighted by molar-refractivity contribution is 0.221. The molecule has 0 saturated carbocycles. The van der Waals surface area contributed by atoms with Gasteiger partial charge in [-0.15, -0.1) is 11.3 Å². The second kappa shape index (κ2) is 7.94. The minimum absolute atomic E-state index is 0.630. The van der Waals surface area contributed by atoms with Crippen molar-refractivity contribution in [1.29, 1.82) is 0 Å². The van der Waals surface area contributed by atoms with Crippen LogP contribution in [0.5, 0.6) is 0 Å². The number of nitrogens with one attached hydrogen (secondary N) is 1. The molecule has 0 radical (unpaired) electrons. The molecule has 0 aliphatic heterocycles. The van der Waals surface area contributed by atoms with Crippen molar-refractivity contribution in [3.8, 4) is 32.4 Å². The van der Waals surface area contributed by atoms with E-state index in [2.05, 4.69) is 30.1 Å². The molecule has 30 heavy (non-hydrogen) atoms. The number of aliphatic hydroxyl groups excluding tert-OH is 1. The van der Waals surface area contributed by atoms with E-state index in [4.69, 9.17) is 0 Å². The van der Waals surface area contributed by atoms with Crippen LogP contribution in [0.3, 0.4) is 0 Å². The molecule has 146 valence electrons. The minimum atomic E-state index is -0.812. The number of rotatable bonds is 5. The highest BCUT2D eigenvalue weighted by Crippen LogP contribution is 2.41. The van der Waals surface area contributed by atoms with Crippen molar-refractivity contribution in [2.45, 2.75) is 6.10 Å². The molecule has 0 amide bonds. The van der Waals surface area contributed by atoms with Gasteiger partial charge in [-0.25, -0.2) is 4.98 Å². The SMILES string of the molecule is OC(c1ccc(-c2cnccn2)cc1)c1cc(-c2ccncc2)sc1-c1ncn[nH]1. The Labute approximate surface area is 176 Å². The Kier molecular flexibility index (Phi) is 4.84. The van der Waals surface area contributed by atoms with Gasteiger partial charge in [0.15, 0.2) is 5.82 Å². The van der Waals surface area contributed by atoms with E-state index in [1.165, 1.54) is 6.33 Å². The zero-order valence-electron chi connectivity index (χ0n) is 15.7. The van der Waals surface area contributed by atoms with Crippen LogP contribution >= 0.6 is 11.3 Å². The molecule has 8 heteroatoms. The molecule has 1 unspecified atom stereocenters. The Morgan fingerprint density at radius 2 is 1.70 bits per heavy atom. The predicted octanol–water partition coefficient (Wildman–Crippen LogP) is 4.13. The van der Waals surface area contributed by atoms with E-state index >= 15 is 0 Å². The fourth-order valence-electron chi connectivity index (χ4n) is 3.23. The molecule has 0 bridgehead atoms. The fourth-order valence-corrected chi connectivity index (χ4v) is 4.37. The van der Waals surface area contributed by atoms with E-state index in [0.717, 1.165) is 37.7 Å². The molecule has 1 aromatic carbocycles. The molecular weight excluding hydrogens is 396 g/mol. The molecule has 2 N–H and O–H groups in total. The zero-order valence-corrected chi connectivity index (χ0v) is 16.5. The third kappa shape index (κ3) is 3.49. The summed E-state index contributed by atoms with van der Waals surface area (Å²) in [5.41, 5.74) is 4.32. The lowest BCUT2D eigenvalue weighted by atomic mass is 9.99. The topological polar surface area (TPSA) is 100 Å². The zero-order chi connectivity index (χ0) is 20.3. The highest BCUT2D eigenvalue weighted by Gasteiger charge is 2.22. The van der Waals surface area contributed by atoms with Crippen molar-refractivity contribution in [3.63, 3.8) is 0 Å². The summed E-state index contributed by atoms with van der Waals surface area (Å²) in [6.07, 6.45) is 9.18. The van der Waals surface area contributed by atoms with Crippen molar-refractivity contribution in [2.24, 2.45) is 0 Å². The Hall–Kier alpha value is -3.75. The van der Waals surface area contributed by atoms with Crippen molar-refractivity contribution in [1.82, 2.24) is 30.1 Å². The molecule has 7 nitrogen and oxygen atoms in total. The van der Waals surface area contributed by atoms with Gasteiger partial charge in [-0.3, -0.25) is 20.1 Å². The molecule has 1 atom stereocenters. The number of hydrogen-bond donors (Lipinski definition) is 2. The maximum absolute atomic E-state index is 11.2. The Balaban J connectivity index is 1.53. The van der Waals surface area contributed by atoms with E-state index in [-0.39, 0.29) is 0 Å². The average molecular weight is 412 g/mol. The first kappa shape index (κ1) is 18.3. The van der Waals surface area contributed by atoms with Crippen LogP contribution in [0, 0.1) is 0 Å². The monoisotopic (exact) mass is 412 g/mol. The van der Waals surface area contributed by atoms with Crippen LogP contribution in [0.2, 0.25) is 0 Å². The minimum Gasteiger partial charge on any atom is -0.384 e. The molecule has 0 fully saturated rings. The van der Waals surface area contributed by atoms with Crippen molar-refractivity contribution in [2.75, 3.05) is 0 Å². The van der Waals surface area contributed by atoms with Gasteiger partial charge < -0.3 is 5.11 Å². The molecular formula is C22H16N6OS. The second-order valence-corrected chi connectivity index (χ2v) is 7.63. The van der Waals surface area contributed by atoms with Gasteiger partial charge in [0.05, 0.1) is 16.8 Å². The summed E-state index contributed by atoms with van der Waals surface area (Å²) >= 11 is 1.55. The number of benzene rings is 1. The number of aromatic nitrogens is 6. The van der Waals surface area contributed by atoms with Gasteiger partial charge in [0.1, 0.15) is 12.4 Å². The summed E-state index contributed by atoms with van der Waals surface area (Å²) in [5, 5.41) is 18.1. The van der Waals surface area contributed by atoms with Gasteiger partial charge in [-0.05, 0) is 29.3 Å². The standard InChI is InChI=1S/C22H16N6OS/c29-20(16-3-1-14(2-4-16)18-12-24-9-10-25-18)17-11-19(15-5-7-23-8-6-15)30-21(17)22-26-13-27-28-22/h1-13,20,29H,(H,26,27,28). The maximum atomic E-state index is 11.2. The van der Waals surface area contributed by atoms with Crippen molar-refractivity contribution >= 4 is 11.3 Å². The fraction of sp³-hybridized carbons (Fsp3) is 0.0455. The number of hydrogen-bond acceptors (Lipinski definition) is 7. The van der Waals surface area contributed by atoms with Crippen molar-refractivity contribution in [3.05, 3.63) is 90.9 Å². The summed E-state index contributed by atoms with van der Waals surface area (Å²) < 4.78 is 0. The molecule has 0 aliphatic rings. The number of nitrogens with zero attached hydrogens (tertiary/aromatic N) is 5. The van der Waals surface area contributed by atoms with E-state index < -0.39 is 6.10 Å².